The van der Waals surface area contributed by atoms with Gasteiger partial charge in [0.1, 0.15) is 5.75 Å². The van der Waals surface area contributed by atoms with Gasteiger partial charge in [-0.05, 0) is 56.8 Å². The number of hydrogen-bond acceptors (Lipinski definition) is 2. The summed E-state index contributed by atoms with van der Waals surface area (Å²) in [5.74, 6) is 0.342. The third-order valence-corrected chi connectivity index (χ3v) is 3.40. The lowest BCUT2D eigenvalue weighted by molar-refractivity contribution is 0.472. The molecule has 0 heterocycles. The second-order valence-corrected chi connectivity index (χ2v) is 4.78. The van der Waals surface area contributed by atoms with Crippen molar-refractivity contribution in [2.75, 3.05) is 6.54 Å². The van der Waals surface area contributed by atoms with Gasteiger partial charge in [0.05, 0.1) is 0 Å². The highest BCUT2D eigenvalue weighted by Gasteiger charge is 2.07. The maximum Gasteiger partial charge on any atom is 0.115 e. The summed E-state index contributed by atoms with van der Waals surface area (Å²) in [5, 5.41) is 12.9. The third-order valence-electron chi connectivity index (χ3n) is 3.40. The van der Waals surface area contributed by atoms with Crippen LogP contribution in [0.1, 0.15) is 44.2 Å². The zero-order valence-electron chi connectivity index (χ0n) is 10.4. The molecule has 0 amide bonds. The summed E-state index contributed by atoms with van der Waals surface area (Å²) in [6, 6.07) is 7.77. The van der Waals surface area contributed by atoms with E-state index in [0.717, 1.165) is 18.5 Å². The van der Waals surface area contributed by atoms with Gasteiger partial charge in [0, 0.05) is 6.04 Å². The minimum atomic E-state index is 0.295. The smallest absolute Gasteiger partial charge is 0.115 e. The van der Waals surface area contributed by atoms with Crippen LogP contribution in [0, 0.1) is 0 Å². The summed E-state index contributed by atoms with van der Waals surface area (Å²) in [5.41, 5.74) is 2.74. The van der Waals surface area contributed by atoms with Gasteiger partial charge in [-0.15, -0.1) is 0 Å². The van der Waals surface area contributed by atoms with E-state index in [-0.39, 0.29) is 0 Å². The van der Waals surface area contributed by atoms with E-state index >= 15 is 0 Å². The number of nitrogens with one attached hydrogen (secondary N) is 1. The molecule has 17 heavy (non-hydrogen) atoms. The van der Waals surface area contributed by atoms with Crippen LogP contribution in [0.2, 0.25) is 0 Å². The normalized spacial score (nSPS) is 16.9. The van der Waals surface area contributed by atoms with Crippen molar-refractivity contribution in [2.45, 2.75) is 38.6 Å². The van der Waals surface area contributed by atoms with Crippen molar-refractivity contribution in [3.05, 3.63) is 41.5 Å². The lowest BCUT2D eigenvalue weighted by atomic mass is 10.1. The number of rotatable bonds is 5. The van der Waals surface area contributed by atoms with E-state index in [9.17, 15) is 5.11 Å². The topological polar surface area (TPSA) is 32.3 Å². The fourth-order valence-corrected chi connectivity index (χ4v) is 2.33. The molecule has 0 fully saturated rings. The predicted octanol–water partition coefficient (Wildman–Crippen LogP) is 3.54. The summed E-state index contributed by atoms with van der Waals surface area (Å²) in [4.78, 5) is 0. The third kappa shape index (κ3) is 3.60. The van der Waals surface area contributed by atoms with Gasteiger partial charge < -0.3 is 10.4 Å². The first kappa shape index (κ1) is 12.2. The van der Waals surface area contributed by atoms with Crippen LogP contribution in [0.4, 0.5) is 0 Å². The van der Waals surface area contributed by atoms with E-state index in [4.69, 9.17) is 0 Å². The number of phenolic OH excluding ortho intramolecular Hbond substituents is 1. The molecule has 2 nitrogen and oxygen atoms in total. The Bertz CT molecular complexity index is 398. The van der Waals surface area contributed by atoms with E-state index in [1.807, 2.05) is 18.2 Å². The summed E-state index contributed by atoms with van der Waals surface area (Å²) in [7, 11) is 0. The second kappa shape index (κ2) is 5.87. The Morgan fingerprint density at radius 3 is 3.00 bits per heavy atom. The monoisotopic (exact) mass is 231 g/mol. The molecule has 1 aliphatic carbocycles. The number of hydrogen-bond donors (Lipinski definition) is 2. The first-order valence-electron chi connectivity index (χ1n) is 6.46. The van der Waals surface area contributed by atoms with Crippen LogP contribution >= 0.6 is 0 Å². The van der Waals surface area contributed by atoms with Gasteiger partial charge >= 0.3 is 0 Å². The Hall–Kier alpha value is -1.28. The Morgan fingerprint density at radius 2 is 2.29 bits per heavy atom. The van der Waals surface area contributed by atoms with Crippen LogP contribution in [-0.4, -0.2) is 11.7 Å². The minimum absolute atomic E-state index is 0.295. The van der Waals surface area contributed by atoms with E-state index in [1.165, 1.54) is 19.3 Å². The molecule has 2 N–H and O–H groups in total. The molecule has 0 aromatic heterocycles. The van der Waals surface area contributed by atoms with Crippen molar-refractivity contribution in [1.29, 1.82) is 0 Å². The molecule has 1 aliphatic rings. The molecule has 0 saturated carbocycles. The van der Waals surface area contributed by atoms with Crippen molar-refractivity contribution in [2.24, 2.45) is 0 Å². The predicted molar refractivity (Wildman–Crippen MR) is 71.1 cm³/mol. The van der Waals surface area contributed by atoms with E-state index in [0.29, 0.717) is 11.8 Å². The van der Waals surface area contributed by atoms with Crippen molar-refractivity contribution in [3.8, 4) is 5.75 Å². The summed E-state index contributed by atoms with van der Waals surface area (Å²) in [6.45, 7) is 3.15. The lowest BCUT2D eigenvalue weighted by Crippen LogP contribution is -2.20. The molecular weight excluding hydrogens is 210 g/mol. The van der Waals surface area contributed by atoms with Crippen molar-refractivity contribution in [3.63, 3.8) is 0 Å². The van der Waals surface area contributed by atoms with Gasteiger partial charge in [0.2, 0.25) is 0 Å². The Morgan fingerprint density at radius 1 is 1.41 bits per heavy atom. The van der Waals surface area contributed by atoms with Crippen LogP contribution in [0.3, 0.4) is 0 Å². The molecule has 1 aromatic carbocycles. The fraction of sp³-hybridized carbons (Fsp3) is 0.467. The zero-order chi connectivity index (χ0) is 12.1. The first-order chi connectivity index (χ1) is 8.25. The molecule has 0 radical (unpaired) electrons. The highest BCUT2D eigenvalue weighted by Crippen LogP contribution is 2.21. The molecule has 1 aromatic rings. The van der Waals surface area contributed by atoms with E-state index < -0.39 is 0 Å². The molecule has 2 rings (SSSR count). The molecule has 0 saturated heterocycles. The number of phenols is 1. The number of aromatic hydroxyl groups is 1. The van der Waals surface area contributed by atoms with Crippen LogP contribution in [0.25, 0.3) is 0 Å². The van der Waals surface area contributed by atoms with Crippen LogP contribution < -0.4 is 5.32 Å². The Labute approximate surface area is 103 Å². The number of benzene rings is 1. The molecule has 1 atom stereocenters. The van der Waals surface area contributed by atoms with Crippen molar-refractivity contribution < 1.29 is 5.11 Å². The van der Waals surface area contributed by atoms with Gasteiger partial charge in [-0.25, -0.2) is 0 Å². The summed E-state index contributed by atoms with van der Waals surface area (Å²) >= 11 is 0. The molecule has 2 heteroatoms. The van der Waals surface area contributed by atoms with Gasteiger partial charge in [-0.1, -0.05) is 23.8 Å². The largest absolute Gasteiger partial charge is 0.508 e. The van der Waals surface area contributed by atoms with Crippen LogP contribution in [0.15, 0.2) is 35.9 Å². The quantitative estimate of drug-likeness (QED) is 0.760. The maximum absolute atomic E-state index is 9.42. The SMILES string of the molecule is CC(NCCC1=CCCC1)c1cccc(O)c1. The molecule has 92 valence electrons. The molecular formula is C15H21NO. The molecule has 0 aliphatic heterocycles. The number of allylic oxidation sites excluding steroid dienone is 1. The Balaban J connectivity index is 1.78. The zero-order valence-corrected chi connectivity index (χ0v) is 10.4. The molecule has 0 bridgehead atoms. The second-order valence-electron chi connectivity index (χ2n) is 4.78. The minimum Gasteiger partial charge on any atom is -0.508 e. The standard InChI is InChI=1S/C15H21NO/c1-12(14-7-4-8-15(17)11-14)16-10-9-13-5-2-3-6-13/h4-5,7-8,11-12,16-17H,2-3,6,9-10H2,1H3. The maximum atomic E-state index is 9.42. The van der Waals surface area contributed by atoms with Crippen molar-refractivity contribution >= 4 is 0 Å². The lowest BCUT2D eigenvalue weighted by Gasteiger charge is -2.14. The van der Waals surface area contributed by atoms with E-state index in [1.54, 1.807) is 11.6 Å². The van der Waals surface area contributed by atoms with Gasteiger partial charge in [-0.3, -0.25) is 0 Å². The van der Waals surface area contributed by atoms with Crippen LogP contribution in [-0.2, 0) is 0 Å². The molecule has 1 unspecified atom stereocenters. The van der Waals surface area contributed by atoms with Gasteiger partial charge in [0.15, 0.2) is 0 Å². The summed E-state index contributed by atoms with van der Waals surface area (Å²) < 4.78 is 0. The fourth-order valence-electron chi connectivity index (χ4n) is 2.33. The highest BCUT2D eigenvalue weighted by atomic mass is 16.3. The average molecular weight is 231 g/mol. The summed E-state index contributed by atoms with van der Waals surface area (Å²) in [6.07, 6.45) is 7.40. The van der Waals surface area contributed by atoms with Gasteiger partial charge in [-0.2, -0.15) is 0 Å². The first-order valence-corrected chi connectivity index (χ1v) is 6.46. The average Bonchev–Trinajstić information content (AvgIpc) is 2.82. The van der Waals surface area contributed by atoms with Crippen LogP contribution in [0.5, 0.6) is 5.75 Å². The van der Waals surface area contributed by atoms with E-state index in [2.05, 4.69) is 18.3 Å². The van der Waals surface area contributed by atoms with Gasteiger partial charge in [0.25, 0.3) is 0 Å². The highest BCUT2D eigenvalue weighted by molar-refractivity contribution is 5.29. The molecule has 0 spiro atoms. The Kier molecular flexibility index (Phi) is 4.21. The van der Waals surface area contributed by atoms with Crippen molar-refractivity contribution in [1.82, 2.24) is 5.32 Å².